The molecule has 0 spiro atoms. The second-order valence-corrected chi connectivity index (χ2v) is 4.91. The number of rotatable bonds is 10. The molecule has 0 amide bonds. The fourth-order valence-corrected chi connectivity index (χ4v) is 1.99. The number of aromatic nitrogens is 1. The van der Waals surface area contributed by atoms with E-state index in [2.05, 4.69) is 35.2 Å². The molecule has 0 aliphatic rings. The first-order valence-electron chi connectivity index (χ1n) is 7.11. The van der Waals surface area contributed by atoms with Gasteiger partial charge in [0.2, 0.25) is 0 Å². The summed E-state index contributed by atoms with van der Waals surface area (Å²) in [7, 11) is 2.18. The first kappa shape index (κ1) is 15.1. The van der Waals surface area contributed by atoms with Crippen LogP contribution in [0.2, 0.25) is 0 Å². The van der Waals surface area contributed by atoms with E-state index in [-0.39, 0.29) is 0 Å². The van der Waals surface area contributed by atoms with Crippen molar-refractivity contribution in [1.82, 2.24) is 15.2 Å². The van der Waals surface area contributed by atoms with Crippen LogP contribution in [0.15, 0.2) is 24.5 Å². The van der Waals surface area contributed by atoms with Crippen LogP contribution in [0.25, 0.3) is 0 Å². The van der Waals surface area contributed by atoms with Crippen molar-refractivity contribution in [1.29, 1.82) is 0 Å². The molecule has 18 heavy (non-hydrogen) atoms. The highest BCUT2D eigenvalue weighted by Gasteiger charge is 1.99. The zero-order valence-electron chi connectivity index (χ0n) is 11.9. The Bertz CT molecular complexity index is 287. The zero-order chi connectivity index (χ0) is 13.1. The van der Waals surface area contributed by atoms with Crippen molar-refractivity contribution in [3.05, 3.63) is 30.1 Å². The third-order valence-corrected chi connectivity index (χ3v) is 3.00. The average Bonchev–Trinajstić information content (AvgIpc) is 2.39. The average molecular weight is 249 g/mol. The molecular weight excluding hydrogens is 222 g/mol. The summed E-state index contributed by atoms with van der Waals surface area (Å²) in [5.41, 5.74) is 1.30. The third-order valence-electron chi connectivity index (χ3n) is 3.00. The van der Waals surface area contributed by atoms with Crippen LogP contribution >= 0.6 is 0 Å². The van der Waals surface area contributed by atoms with Crippen LogP contribution in [0.1, 0.15) is 38.2 Å². The highest BCUT2D eigenvalue weighted by Crippen LogP contribution is 2.03. The quantitative estimate of drug-likeness (QED) is 0.646. The Morgan fingerprint density at radius 1 is 1.22 bits per heavy atom. The van der Waals surface area contributed by atoms with Crippen LogP contribution < -0.4 is 5.32 Å². The van der Waals surface area contributed by atoms with Crippen LogP contribution in [-0.4, -0.2) is 36.6 Å². The lowest BCUT2D eigenvalue weighted by Crippen LogP contribution is -2.20. The van der Waals surface area contributed by atoms with E-state index in [1.165, 1.54) is 44.3 Å². The number of nitrogens with one attached hydrogen (secondary N) is 1. The summed E-state index contributed by atoms with van der Waals surface area (Å²) >= 11 is 0. The van der Waals surface area contributed by atoms with Crippen LogP contribution in [0.5, 0.6) is 0 Å². The number of hydrogen-bond donors (Lipinski definition) is 1. The van der Waals surface area contributed by atoms with Crippen LogP contribution in [0, 0.1) is 0 Å². The molecule has 0 bridgehead atoms. The van der Waals surface area contributed by atoms with Gasteiger partial charge >= 0.3 is 0 Å². The number of hydrogen-bond acceptors (Lipinski definition) is 3. The van der Waals surface area contributed by atoms with E-state index in [9.17, 15) is 0 Å². The van der Waals surface area contributed by atoms with Crippen molar-refractivity contribution < 1.29 is 0 Å². The normalized spacial score (nSPS) is 11.1. The number of pyridine rings is 1. The van der Waals surface area contributed by atoms with Gasteiger partial charge in [0, 0.05) is 18.9 Å². The van der Waals surface area contributed by atoms with Crippen molar-refractivity contribution in [2.24, 2.45) is 0 Å². The van der Waals surface area contributed by atoms with Crippen molar-refractivity contribution in [3.8, 4) is 0 Å². The Morgan fingerprint density at radius 2 is 2.11 bits per heavy atom. The molecule has 0 fully saturated rings. The number of unbranched alkanes of at least 4 members (excludes halogenated alkanes) is 2. The lowest BCUT2D eigenvalue weighted by atomic mass is 10.2. The molecule has 0 radical (unpaired) electrons. The second-order valence-electron chi connectivity index (χ2n) is 4.91. The molecule has 102 valence electrons. The standard InChI is InChI=1S/C15H27N3/c1-3-9-16-10-5-4-6-12-18(2)14-15-8-7-11-17-13-15/h7-8,11,13,16H,3-6,9-10,12,14H2,1-2H3. The Labute approximate surface area is 112 Å². The molecule has 0 saturated heterocycles. The predicted octanol–water partition coefficient (Wildman–Crippen LogP) is 2.68. The monoisotopic (exact) mass is 249 g/mol. The van der Waals surface area contributed by atoms with Crippen molar-refractivity contribution in [3.63, 3.8) is 0 Å². The van der Waals surface area contributed by atoms with E-state index in [0.717, 1.165) is 13.1 Å². The maximum absolute atomic E-state index is 4.14. The zero-order valence-corrected chi connectivity index (χ0v) is 11.9. The summed E-state index contributed by atoms with van der Waals surface area (Å²) in [6.45, 7) is 6.70. The van der Waals surface area contributed by atoms with E-state index >= 15 is 0 Å². The molecule has 3 heteroatoms. The smallest absolute Gasteiger partial charge is 0.0312 e. The molecule has 0 aliphatic carbocycles. The third kappa shape index (κ3) is 7.41. The van der Waals surface area contributed by atoms with Crippen LogP contribution in [0.3, 0.4) is 0 Å². The SMILES string of the molecule is CCCNCCCCCN(C)Cc1cccnc1. The maximum atomic E-state index is 4.14. The first-order valence-corrected chi connectivity index (χ1v) is 7.11. The van der Waals surface area contributed by atoms with Crippen molar-refractivity contribution in [2.45, 2.75) is 39.2 Å². The first-order chi connectivity index (χ1) is 8.83. The highest BCUT2D eigenvalue weighted by molar-refractivity contribution is 5.07. The molecule has 0 saturated carbocycles. The van der Waals surface area contributed by atoms with Crippen LogP contribution in [-0.2, 0) is 6.54 Å². The minimum absolute atomic E-state index is 1.00. The summed E-state index contributed by atoms with van der Waals surface area (Å²) in [5, 5.41) is 3.44. The second kappa shape index (κ2) is 10.0. The molecule has 1 aromatic rings. The molecule has 0 unspecified atom stereocenters. The van der Waals surface area contributed by atoms with Crippen molar-refractivity contribution in [2.75, 3.05) is 26.7 Å². The van der Waals surface area contributed by atoms with Gasteiger partial charge in [-0.2, -0.15) is 0 Å². The van der Waals surface area contributed by atoms with Crippen LogP contribution in [0.4, 0.5) is 0 Å². The summed E-state index contributed by atoms with van der Waals surface area (Å²) in [5.74, 6) is 0. The van der Waals surface area contributed by atoms with E-state index < -0.39 is 0 Å². The van der Waals surface area contributed by atoms with Gasteiger partial charge in [-0.15, -0.1) is 0 Å². The Hall–Kier alpha value is -0.930. The van der Waals surface area contributed by atoms with Gasteiger partial charge in [0.15, 0.2) is 0 Å². The number of nitrogens with zero attached hydrogens (tertiary/aromatic N) is 2. The van der Waals surface area contributed by atoms with Gasteiger partial charge in [-0.25, -0.2) is 0 Å². The summed E-state index contributed by atoms with van der Waals surface area (Å²) < 4.78 is 0. The molecule has 0 aliphatic heterocycles. The van der Waals surface area contributed by atoms with Gasteiger partial charge in [0.05, 0.1) is 0 Å². The minimum Gasteiger partial charge on any atom is -0.317 e. The van der Waals surface area contributed by atoms with Gasteiger partial charge in [-0.3, -0.25) is 4.98 Å². The minimum atomic E-state index is 1.00. The summed E-state index contributed by atoms with van der Waals surface area (Å²) in [4.78, 5) is 6.51. The van der Waals surface area contributed by atoms with E-state index in [1.54, 1.807) is 0 Å². The lowest BCUT2D eigenvalue weighted by molar-refractivity contribution is 0.316. The fraction of sp³-hybridized carbons (Fsp3) is 0.667. The lowest BCUT2D eigenvalue weighted by Gasteiger charge is -2.16. The van der Waals surface area contributed by atoms with Gasteiger partial charge in [-0.1, -0.05) is 19.4 Å². The Morgan fingerprint density at radius 3 is 2.83 bits per heavy atom. The largest absolute Gasteiger partial charge is 0.317 e. The van der Waals surface area contributed by atoms with E-state index in [0.29, 0.717) is 0 Å². The van der Waals surface area contributed by atoms with E-state index in [4.69, 9.17) is 0 Å². The molecule has 1 rings (SSSR count). The fourth-order valence-electron chi connectivity index (χ4n) is 1.99. The molecule has 0 aromatic carbocycles. The molecule has 3 nitrogen and oxygen atoms in total. The highest BCUT2D eigenvalue weighted by atomic mass is 15.1. The van der Waals surface area contributed by atoms with Crippen molar-refractivity contribution >= 4 is 0 Å². The predicted molar refractivity (Wildman–Crippen MR) is 77.6 cm³/mol. The van der Waals surface area contributed by atoms with Gasteiger partial charge in [0.1, 0.15) is 0 Å². The molecule has 1 N–H and O–H groups in total. The summed E-state index contributed by atoms with van der Waals surface area (Å²) in [6, 6.07) is 4.14. The Kier molecular flexibility index (Phi) is 8.43. The maximum Gasteiger partial charge on any atom is 0.0312 e. The van der Waals surface area contributed by atoms with Gasteiger partial charge < -0.3 is 10.2 Å². The molecule has 0 atom stereocenters. The van der Waals surface area contributed by atoms with Gasteiger partial charge in [0.25, 0.3) is 0 Å². The topological polar surface area (TPSA) is 28.2 Å². The molecule has 1 aromatic heterocycles. The van der Waals surface area contributed by atoms with Gasteiger partial charge in [-0.05, 0) is 57.6 Å². The molecular formula is C15H27N3. The molecule has 1 heterocycles. The summed E-state index contributed by atoms with van der Waals surface area (Å²) in [6.07, 6.45) is 8.89. The van der Waals surface area contributed by atoms with E-state index in [1.807, 2.05) is 18.5 Å². The Balaban J connectivity index is 1.99.